The Labute approximate surface area is 127 Å². The molecule has 0 radical (unpaired) electrons. The van der Waals surface area contributed by atoms with Crippen molar-refractivity contribution in [2.24, 2.45) is 23.5 Å². The van der Waals surface area contributed by atoms with Crippen molar-refractivity contribution in [1.82, 2.24) is 0 Å². The predicted octanol–water partition coefficient (Wildman–Crippen LogP) is 3.56. The van der Waals surface area contributed by atoms with E-state index in [-0.39, 0.29) is 11.8 Å². The number of benzene rings is 1. The fraction of sp³-hybridized carbons (Fsp3) is 0.611. The van der Waals surface area contributed by atoms with E-state index in [4.69, 9.17) is 10.5 Å². The summed E-state index contributed by atoms with van der Waals surface area (Å²) in [7, 11) is 1.71. The molecule has 0 saturated heterocycles. The van der Waals surface area contributed by atoms with E-state index in [1.165, 1.54) is 24.8 Å². The Kier molecular flexibility index (Phi) is 5.66. The van der Waals surface area contributed by atoms with Crippen molar-refractivity contribution in [3.05, 3.63) is 29.8 Å². The molecule has 1 amide bonds. The van der Waals surface area contributed by atoms with Gasteiger partial charge in [-0.2, -0.15) is 0 Å². The van der Waals surface area contributed by atoms with E-state index in [1.807, 2.05) is 12.1 Å². The zero-order chi connectivity index (χ0) is 15.2. The fourth-order valence-electron chi connectivity index (χ4n) is 3.20. The zero-order valence-electron chi connectivity index (χ0n) is 13.2. The Morgan fingerprint density at radius 2 is 2.24 bits per heavy atom. The lowest BCUT2D eigenvalue weighted by Gasteiger charge is -2.10. The average Bonchev–Trinajstić information content (AvgIpc) is 3.23. The molecule has 2 N–H and O–H groups in total. The van der Waals surface area contributed by atoms with Gasteiger partial charge < -0.3 is 10.5 Å². The van der Waals surface area contributed by atoms with E-state index < -0.39 is 0 Å². The van der Waals surface area contributed by atoms with Crippen LogP contribution in [-0.4, -0.2) is 13.0 Å². The van der Waals surface area contributed by atoms with Crippen molar-refractivity contribution in [1.29, 1.82) is 0 Å². The topological polar surface area (TPSA) is 52.3 Å². The smallest absolute Gasteiger partial charge is 0.220 e. The number of aryl methyl sites for hydroxylation is 1. The summed E-state index contributed by atoms with van der Waals surface area (Å²) in [6.07, 6.45) is 6.73. The molecule has 0 aliphatic heterocycles. The van der Waals surface area contributed by atoms with Crippen LogP contribution < -0.4 is 10.5 Å². The van der Waals surface area contributed by atoms with Gasteiger partial charge in [-0.05, 0) is 68.1 Å². The lowest BCUT2D eigenvalue weighted by Crippen LogP contribution is -2.23. The molecule has 1 fully saturated rings. The van der Waals surface area contributed by atoms with E-state index in [9.17, 15) is 4.79 Å². The molecule has 3 nitrogen and oxygen atoms in total. The van der Waals surface area contributed by atoms with Crippen molar-refractivity contribution >= 4 is 5.91 Å². The molecular formula is C18H27NO2. The highest BCUT2D eigenvalue weighted by Gasteiger charge is 2.38. The third-order valence-corrected chi connectivity index (χ3v) is 4.73. The monoisotopic (exact) mass is 289 g/mol. The average molecular weight is 289 g/mol. The second-order valence-corrected chi connectivity index (χ2v) is 6.24. The molecule has 3 heteroatoms. The molecule has 3 atom stereocenters. The van der Waals surface area contributed by atoms with Crippen LogP contribution in [0.5, 0.6) is 5.75 Å². The van der Waals surface area contributed by atoms with Gasteiger partial charge in [0.1, 0.15) is 5.75 Å². The number of rotatable bonds is 9. The summed E-state index contributed by atoms with van der Waals surface area (Å²) >= 11 is 0. The molecule has 0 spiro atoms. The number of carbonyl (C=O) groups is 1. The molecule has 1 aliphatic rings. The van der Waals surface area contributed by atoms with Crippen LogP contribution >= 0.6 is 0 Å². The van der Waals surface area contributed by atoms with E-state index in [0.29, 0.717) is 0 Å². The molecule has 1 aliphatic carbocycles. The van der Waals surface area contributed by atoms with Crippen LogP contribution in [0.3, 0.4) is 0 Å². The molecule has 3 unspecified atom stereocenters. The van der Waals surface area contributed by atoms with Crippen LogP contribution in [-0.2, 0) is 11.2 Å². The Balaban J connectivity index is 1.67. The minimum absolute atomic E-state index is 0.0818. The molecule has 21 heavy (non-hydrogen) atoms. The molecule has 1 aromatic carbocycles. The fourth-order valence-corrected chi connectivity index (χ4v) is 3.20. The van der Waals surface area contributed by atoms with Crippen molar-refractivity contribution in [3.63, 3.8) is 0 Å². The number of carbonyl (C=O) groups excluding carboxylic acids is 1. The molecule has 116 valence electrons. The van der Waals surface area contributed by atoms with Gasteiger partial charge in [-0.25, -0.2) is 0 Å². The maximum absolute atomic E-state index is 11.3. The SMILES string of the molecule is CCC(CC1CC1CCCc1cccc(OC)c1)C(N)=O. The van der Waals surface area contributed by atoms with Crippen molar-refractivity contribution in [3.8, 4) is 5.75 Å². The maximum Gasteiger partial charge on any atom is 0.220 e. The van der Waals surface area contributed by atoms with Gasteiger partial charge in [0.25, 0.3) is 0 Å². The highest BCUT2D eigenvalue weighted by molar-refractivity contribution is 5.76. The van der Waals surface area contributed by atoms with E-state index in [1.54, 1.807) is 7.11 Å². The van der Waals surface area contributed by atoms with Crippen LogP contribution in [0.2, 0.25) is 0 Å². The van der Waals surface area contributed by atoms with Crippen LogP contribution in [0.25, 0.3) is 0 Å². The van der Waals surface area contributed by atoms with Crippen LogP contribution in [0, 0.1) is 17.8 Å². The summed E-state index contributed by atoms with van der Waals surface area (Å²) in [5.74, 6) is 2.43. The summed E-state index contributed by atoms with van der Waals surface area (Å²) in [6, 6.07) is 8.31. The van der Waals surface area contributed by atoms with Crippen molar-refractivity contribution < 1.29 is 9.53 Å². The third-order valence-electron chi connectivity index (χ3n) is 4.73. The number of amides is 1. The standard InChI is InChI=1S/C18H27NO2/c1-3-14(18(19)20)11-16-12-15(16)8-4-6-13-7-5-9-17(10-13)21-2/h5,7,9-10,14-16H,3-4,6,8,11-12H2,1-2H3,(H2,19,20). The second-order valence-electron chi connectivity index (χ2n) is 6.24. The van der Waals surface area contributed by atoms with Gasteiger partial charge in [0.2, 0.25) is 5.91 Å². The van der Waals surface area contributed by atoms with Gasteiger partial charge in [0.05, 0.1) is 7.11 Å². The first-order valence-corrected chi connectivity index (χ1v) is 8.06. The highest BCUT2D eigenvalue weighted by Crippen LogP contribution is 2.46. The van der Waals surface area contributed by atoms with Crippen LogP contribution in [0.15, 0.2) is 24.3 Å². The first kappa shape index (κ1) is 15.9. The number of hydrogen-bond acceptors (Lipinski definition) is 2. The summed E-state index contributed by atoms with van der Waals surface area (Å²) in [4.78, 5) is 11.3. The normalized spacial score (nSPS) is 21.8. The second kappa shape index (κ2) is 7.48. The molecule has 1 saturated carbocycles. The number of primary amides is 1. The van der Waals surface area contributed by atoms with Gasteiger partial charge in [0.15, 0.2) is 0 Å². The summed E-state index contributed by atoms with van der Waals surface area (Å²) in [5.41, 5.74) is 6.76. The summed E-state index contributed by atoms with van der Waals surface area (Å²) in [5, 5.41) is 0. The van der Waals surface area contributed by atoms with Crippen LogP contribution in [0.4, 0.5) is 0 Å². The molecule has 1 aromatic rings. The van der Waals surface area contributed by atoms with Gasteiger partial charge in [0, 0.05) is 5.92 Å². The van der Waals surface area contributed by atoms with Crippen molar-refractivity contribution in [2.75, 3.05) is 7.11 Å². The van der Waals surface area contributed by atoms with Gasteiger partial charge in [-0.15, -0.1) is 0 Å². The van der Waals surface area contributed by atoms with E-state index in [2.05, 4.69) is 19.1 Å². The Hall–Kier alpha value is -1.51. The first-order valence-electron chi connectivity index (χ1n) is 8.06. The maximum atomic E-state index is 11.3. The molecular weight excluding hydrogens is 262 g/mol. The predicted molar refractivity (Wildman–Crippen MR) is 85.1 cm³/mol. The van der Waals surface area contributed by atoms with E-state index >= 15 is 0 Å². The van der Waals surface area contributed by atoms with Gasteiger partial charge >= 0.3 is 0 Å². The van der Waals surface area contributed by atoms with E-state index in [0.717, 1.165) is 36.8 Å². The molecule has 0 aromatic heterocycles. The van der Waals surface area contributed by atoms with Crippen molar-refractivity contribution in [2.45, 2.75) is 45.4 Å². The molecule has 0 heterocycles. The number of ether oxygens (including phenoxy) is 1. The highest BCUT2D eigenvalue weighted by atomic mass is 16.5. The number of methoxy groups -OCH3 is 1. The minimum atomic E-state index is -0.125. The van der Waals surface area contributed by atoms with Crippen LogP contribution in [0.1, 0.15) is 44.6 Å². The Morgan fingerprint density at radius 3 is 2.90 bits per heavy atom. The Bertz CT molecular complexity index is 472. The third kappa shape index (κ3) is 4.76. The molecule has 2 rings (SSSR count). The largest absolute Gasteiger partial charge is 0.497 e. The summed E-state index contributed by atoms with van der Waals surface area (Å²) < 4.78 is 5.25. The minimum Gasteiger partial charge on any atom is -0.497 e. The van der Waals surface area contributed by atoms with Gasteiger partial charge in [-0.3, -0.25) is 4.79 Å². The number of hydrogen-bond donors (Lipinski definition) is 1. The number of nitrogens with two attached hydrogens (primary N) is 1. The first-order chi connectivity index (χ1) is 10.1. The quantitative estimate of drug-likeness (QED) is 0.755. The lowest BCUT2D eigenvalue weighted by atomic mass is 9.97. The van der Waals surface area contributed by atoms with Gasteiger partial charge in [-0.1, -0.05) is 19.1 Å². The zero-order valence-corrected chi connectivity index (χ0v) is 13.2. The Morgan fingerprint density at radius 1 is 1.43 bits per heavy atom. The molecule has 0 bridgehead atoms. The summed E-state index contributed by atoms with van der Waals surface area (Å²) in [6.45, 7) is 2.05. The lowest BCUT2D eigenvalue weighted by molar-refractivity contribution is -0.122.